The van der Waals surface area contributed by atoms with E-state index >= 15 is 0 Å². The molecule has 2 nitrogen and oxygen atoms in total. The molecule has 1 unspecified atom stereocenters. The normalized spacial score (nSPS) is 24.7. The van der Waals surface area contributed by atoms with Crippen LogP contribution in [0.4, 0.5) is 0 Å². The molecule has 0 aromatic carbocycles. The first-order chi connectivity index (χ1) is 4.38. The second-order valence-electron chi connectivity index (χ2n) is 2.05. The van der Waals surface area contributed by atoms with Crippen molar-refractivity contribution < 1.29 is 5.11 Å². The molecular weight excluding hydrogens is 114 g/mol. The van der Waals surface area contributed by atoms with E-state index in [9.17, 15) is 0 Å². The molecule has 0 spiro atoms. The number of allylic oxidation sites excluding steroid dienone is 2. The lowest BCUT2D eigenvalue weighted by Gasteiger charge is -2.08. The lowest BCUT2D eigenvalue weighted by Crippen LogP contribution is -2.24. The van der Waals surface area contributed by atoms with Crippen molar-refractivity contribution in [2.45, 2.75) is 6.04 Å². The maximum Gasteiger partial charge on any atom is 0.0663 e. The van der Waals surface area contributed by atoms with Crippen LogP contribution in [-0.2, 0) is 0 Å². The van der Waals surface area contributed by atoms with Gasteiger partial charge in [0.2, 0.25) is 0 Å². The van der Waals surface area contributed by atoms with E-state index in [1.165, 1.54) is 0 Å². The van der Waals surface area contributed by atoms with Gasteiger partial charge in [0.05, 0.1) is 6.61 Å². The SMILES string of the molecule is CNC1C=CC=C1CO. The Bertz CT molecular complexity index is 149. The summed E-state index contributed by atoms with van der Waals surface area (Å²) in [6.45, 7) is 0.151. The summed E-state index contributed by atoms with van der Waals surface area (Å²) in [6, 6.07) is 0.259. The van der Waals surface area contributed by atoms with Crippen LogP contribution in [0.25, 0.3) is 0 Å². The Morgan fingerprint density at radius 3 is 3.00 bits per heavy atom. The van der Waals surface area contributed by atoms with Crippen LogP contribution < -0.4 is 5.32 Å². The van der Waals surface area contributed by atoms with E-state index in [4.69, 9.17) is 5.11 Å². The molecule has 1 atom stereocenters. The van der Waals surface area contributed by atoms with E-state index in [-0.39, 0.29) is 12.6 Å². The molecule has 2 N–H and O–H groups in total. The minimum absolute atomic E-state index is 0.151. The minimum Gasteiger partial charge on any atom is -0.392 e. The second-order valence-corrected chi connectivity index (χ2v) is 2.05. The molecule has 0 fully saturated rings. The average Bonchev–Trinajstić information content (AvgIpc) is 2.33. The molecule has 0 aliphatic heterocycles. The third kappa shape index (κ3) is 1.20. The number of aliphatic hydroxyl groups excluding tert-OH is 1. The molecule has 0 heterocycles. The largest absolute Gasteiger partial charge is 0.392 e. The monoisotopic (exact) mass is 125 g/mol. The van der Waals surface area contributed by atoms with E-state index in [2.05, 4.69) is 5.32 Å². The summed E-state index contributed by atoms with van der Waals surface area (Å²) in [4.78, 5) is 0. The quantitative estimate of drug-likeness (QED) is 0.547. The Labute approximate surface area is 54.9 Å². The van der Waals surface area contributed by atoms with Gasteiger partial charge in [-0.05, 0) is 12.6 Å². The van der Waals surface area contributed by atoms with Gasteiger partial charge in [0.1, 0.15) is 0 Å². The van der Waals surface area contributed by atoms with E-state index in [0.29, 0.717) is 0 Å². The number of nitrogens with one attached hydrogen (secondary N) is 1. The van der Waals surface area contributed by atoms with Gasteiger partial charge < -0.3 is 10.4 Å². The average molecular weight is 125 g/mol. The molecule has 1 aliphatic carbocycles. The van der Waals surface area contributed by atoms with Gasteiger partial charge in [0, 0.05) is 6.04 Å². The number of aliphatic hydroxyl groups is 1. The fourth-order valence-electron chi connectivity index (χ4n) is 0.950. The molecule has 0 bridgehead atoms. The van der Waals surface area contributed by atoms with Gasteiger partial charge in [0.25, 0.3) is 0 Å². The van der Waals surface area contributed by atoms with Crippen LogP contribution in [0.2, 0.25) is 0 Å². The van der Waals surface area contributed by atoms with E-state index in [0.717, 1.165) is 5.57 Å². The maximum atomic E-state index is 8.72. The lowest BCUT2D eigenvalue weighted by molar-refractivity contribution is 0.324. The Morgan fingerprint density at radius 2 is 2.56 bits per heavy atom. The summed E-state index contributed by atoms with van der Waals surface area (Å²) >= 11 is 0. The molecule has 2 heteroatoms. The predicted octanol–water partition coefficient (Wildman–Crippen LogP) is 0.0629. The topological polar surface area (TPSA) is 32.3 Å². The van der Waals surface area contributed by atoms with Gasteiger partial charge in [-0.25, -0.2) is 0 Å². The maximum absolute atomic E-state index is 8.72. The Kier molecular flexibility index (Phi) is 2.03. The van der Waals surface area contributed by atoms with Crippen molar-refractivity contribution in [1.82, 2.24) is 5.32 Å². The molecule has 1 rings (SSSR count). The highest BCUT2D eigenvalue weighted by atomic mass is 16.3. The van der Waals surface area contributed by atoms with Crippen LogP contribution in [-0.4, -0.2) is 24.8 Å². The first kappa shape index (κ1) is 6.52. The Balaban J connectivity index is 2.55. The molecule has 0 radical (unpaired) electrons. The van der Waals surface area contributed by atoms with Crippen molar-refractivity contribution >= 4 is 0 Å². The van der Waals surface area contributed by atoms with Gasteiger partial charge in [-0.2, -0.15) is 0 Å². The lowest BCUT2D eigenvalue weighted by atomic mass is 10.2. The van der Waals surface area contributed by atoms with Gasteiger partial charge in [-0.3, -0.25) is 0 Å². The van der Waals surface area contributed by atoms with Crippen molar-refractivity contribution in [2.75, 3.05) is 13.7 Å². The number of rotatable bonds is 2. The Hall–Kier alpha value is -0.600. The molecule has 0 amide bonds. The van der Waals surface area contributed by atoms with Gasteiger partial charge in [-0.15, -0.1) is 0 Å². The van der Waals surface area contributed by atoms with Gasteiger partial charge in [0.15, 0.2) is 0 Å². The predicted molar refractivity (Wildman–Crippen MR) is 37.2 cm³/mol. The van der Waals surface area contributed by atoms with E-state index in [1.54, 1.807) is 0 Å². The fraction of sp³-hybridized carbons (Fsp3) is 0.429. The molecule has 0 saturated heterocycles. The highest BCUT2D eigenvalue weighted by Gasteiger charge is 2.09. The van der Waals surface area contributed by atoms with Crippen LogP contribution in [0.3, 0.4) is 0 Å². The third-order valence-electron chi connectivity index (χ3n) is 1.51. The van der Waals surface area contributed by atoms with E-state index < -0.39 is 0 Å². The first-order valence-corrected chi connectivity index (χ1v) is 3.04. The summed E-state index contributed by atoms with van der Waals surface area (Å²) in [7, 11) is 1.88. The van der Waals surface area contributed by atoms with Crippen molar-refractivity contribution in [3.63, 3.8) is 0 Å². The summed E-state index contributed by atoms with van der Waals surface area (Å²) < 4.78 is 0. The smallest absolute Gasteiger partial charge is 0.0663 e. The molecule has 0 saturated carbocycles. The summed E-state index contributed by atoms with van der Waals surface area (Å²) in [5.41, 5.74) is 1.04. The highest BCUT2D eigenvalue weighted by Crippen LogP contribution is 2.09. The standard InChI is InChI=1S/C7H11NO/c1-8-7-4-2-3-6(7)5-9/h2-4,7-9H,5H2,1H3. The minimum atomic E-state index is 0.151. The number of hydrogen-bond acceptors (Lipinski definition) is 2. The molecule has 9 heavy (non-hydrogen) atoms. The van der Waals surface area contributed by atoms with Crippen molar-refractivity contribution in [2.24, 2.45) is 0 Å². The number of hydrogen-bond donors (Lipinski definition) is 2. The van der Waals surface area contributed by atoms with Gasteiger partial charge >= 0.3 is 0 Å². The molecule has 0 aromatic rings. The first-order valence-electron chi connectivity index (χ1n) is 3.04. The molecule has 1 aliphatic rings. The van der Waals surface area contributed by atoms with Crippen LogP contribution in [0, 0.1) is 0 Å². The summed E-state index contributed by atoms with van der Waals surface area (Å²) in [6.07, 6.45) is 5.90. The van der Waals surface area contributed by atoms with Crippen LogP contribution in [0.5, 0.6) is 0 Å². The third-order valence-corrected chi connectivity index (χ3v) is 1.51. The Morgan fingerprint density at radius 1 is 1.78 bits per heavy atom. The molecular formula is C7H11NO. The fourth-order valence-corrected chi connectivity index (χ4v) is 0.950. The zero-order valence-electron chi connectivity index (χ0n) is 5.46. The second kappa shape index (κ2) is 2.80. The summed E-state index contributed by atoms with van der Waals surface area (Å²) in [5.74, 6) is 0. The van der Waals surface area contributed by atoms with E-state index in [1.807, 2.05) is 25.3 Å². The zero-order chi connectivity index (χ0) is 6.69. The van der Waals surface area contributed by atoms with Gasteiger partial charge in [-0.1, -0.05) is 18.2 Å². The van der Waals surface area contributed by atoms with Crippen molar-refractivity contribution in [1.29, 1.82) is 0 Å². The van der Waals surface area contributed by atoms with Crippen LogP contribution >= 0.6 is 0 Å². The zero-order valence-corrected chi connectivity index (χ0v) is 5.46. The molecule has 50 valence electrons. The van der Waals surface area contributed by atoms with Crippen LogP contribution in [0.1, 0.15) is 0 Å². The highest BCUT2D eigenvalue weighted by molar-refractivity contribution is 5.31. The van der Waals surface area contributed by atoms with Crippen molar-refractivity contribution in [3.05, 3.63) is 23.8 Å². The summed E-state index contributed by atoms with van der Waals surface area (Å²) in [5, 5.41) is 11.8. The number of likely N-dealkylation sites (N-methyl/N-ethyl adjacent to an activating group) is 1. The van der Waals surface area contributed by atoms with Crippen molar-refractivity contribution in [3.8, 4) is 0 Å². The molecule has 0 aromatic heterocycles. The van der Waals surface area contributed by atoms with Crippen LogP contribution in [0.15, 0.2) is 23.8 Å².